The van der Waals surface area contributed by atoms with Crippen molar-refractivity contribution in [1.82, 2.24) is 4.98 Å². The fourth-order valence-corrected chi connectivity index (χ4v) is 3.47. The molecule has 2 heterocycles. The third kappa shape index (κ3) is 3.52. The Bertz CT molecular complexity index is 803. The van der Waals surface area contributed by atoms with Gasteiger partial charge in [-0.15, -0.1) is 0 Å². The van der Waals surface area contributed by atoms with E-state index in [1.54, 1.807) is 0 Å². The molecule has 5 nitrogen and oxygen atoms in total. The van der Waals surface area contributed by atoms with Crippen molar-refractivity contribution in [1.29, 1.82) is 0 Å². The van der Waals surface area contributed by atoms with Crippen LogP contribution in [0.15, 0.2) is 30.3 Å². The molecule has 138 valence electrons. The van der Waals surface area contributed by atoms with E-state index < -0.39 is 0 Å². The van der Waals surface area contributed by atoms with Crippen molar-refractivity contribution in [2.45, 2.75) is 40.5 Å². The number of aromatic nitrogens is 1. The van der Waals surface area contributed by atoms with Gasteiger partial charge >= 0.3 is 0 Å². The summed E-state index contributed by atoms with van der Waals surface area (Å²) >= 11 is 0. The Morgan fingerprint density at radius 2 is 2.00 bits per heavy atom. The zero-order valence-corrected chi connectivity index (χ0v) is 16.2. The molecule has 5 heteroatoms. The molecule has 0 saturated carbocycles. The number of para-hydroxylation sites is 1. The Morgan fingerprint density at radius 1 is 1.23 bits per heavy atom. The second-order valence-corrected chi connectivity index (χ2v) is 6.84. The lowest BCUT2D eigenvalue weighted by Gasteiger charge is -2.35. The lowest BCUT2D eigenvalue weighted by Crippen LogP contribution is -2.37. The summed E-state index contributed by atoms with van der Waals surface area (Å²) in [6.07, 6.45) is 2.27. The maximum absolute atomic E-state index is 12.5. The van der Waals surface area contributed by atoms with Crippen molar-refractivity contribution in [3.05, 3.63) is 41.6 Å². The first-order chi connectivity index (χ1) is 12.5. The number of nitrogens with one attached hydrogen (secondary N) is 1. The van der Waals surface area contributed by atoms with Gasteiger partial charge in [0.2, 0.25) is 5.91 Å². The van der Waals surface area contributed by atoms with Crippen LogP contribution in [-0.4, -0.2) is 30.5 Å². The quantitative estimate of drug-likeness (QED) is 0.836. The average Bonchev–Trinajstić information content (AvgIpc) is 2.62. The molecular formula is C21H28N4O. The van der Waals surface area contributed by atoms with E-state index in [2.05, 4.69) is 49.2 Å². The second kappa shape index (κ2) is 7.77. The number of carbonyl (C=O) groups is 1. The summed E-state index contributed by atoms with van der Waals surface area (Å²) in [5.41, 5.74) is 5.02. The minimum absolute atomic E-state index is 0.000740. The molecule has 1 N–H and O–H groups in total. The second-order valence-electron chi connectivity index (χ2n) is 6.84. The molecule has 1 aliphatic heterocycles. The first kappa shape index (κ1) is 18.2. The third-order valence-corrected chi connectivity index (χ3v) is 4.84. The number of pyridine rings is 1. The lowest BCUT2D eigenvalue weighted by molar-refractivity contribution is -0.115. The Labute approximate surface area is 156 Å². The molecule has 26 heavy (non-hydrogen) atoms. The molecule has 0 saturated heterocycles. The minimum Gasteiger partial charge on any atom is -0.370 e. The van der Waals surface area contributed by atoms with Crippen molar-refractivity contribution in [2.24, 2.45) is 0 Å². The molecule has 2 aromatic rings. The van der Waals surface area contributed by atoms with Gasteiger partial charge in [0.05, 0.1) is 5.69 Å². The lowest BCUT2D eigenvalue weighted by atomic mass is 10.1. The number of anilines is 4. The van der Waals surface area contributed by atoms with Crippen molar-refractivity contribution in [3.63, 3.8) is 0 Å². The SMILES string of the molecule is CCCCN(CC)c1cc(C)nc2c1NC(=O)CN2c1ccccc1C. The average molecular weight is 352 g/mol. The van der Waals surface area contributed by atoms with Gasteiger partial charge in [-0.2, -0.15) is 0 Å². The number of aryl methyl sites for hydroxylation is 2. The molecule has 0 aliphatic carbocycles. The molecule has 3 rings (SSSR count). The summed E-state index contributed by atoms with van der Waals surface area (Å²) in [6, 6.07) is 10.2. The van der Waals surface area contributed by atoms with Gasteiger partial charge in [0.1, 0.15) is 12.2 Å². The summed E-state index contributed by atoms with van der Waals surface area (Å²) in [5, 5.41) is 3.08. The van der Waals surface area contributed by atoms with Crippen LogP contribution in [0.3, 0.4) is 0 Å². The molecule has 1 aromatic carbocycles. The molecular weight excluding hydrogens is 324 g/mol. The number of amides is 1. The number of unbranched alkanes of at least 4 members (excludes halogenated alkanes) is 1. The van der Waals surface area contributed by atoms with E-state index in [1.165, 1.54) is 0 Å². The van der Waals surface area contributed by atoms with E-state index in [4.69, 9.17) is 4.98 Å². The molecule has 1 aromatic heterocycles. The fourth-order valence-electron chi connectivity index (χ4n) is 3.47. The van der Waals surface area contributed by atoms with E-state index in [-0.39, 0.29) is 12.5 Å². The van der Waals surface area contributed by atoms with Gasteiger partial charge in [-0.1, -0.05) is 31.5 Å². The van der Waals surface area contributed by atoms with Gasteiger partial charge in [-0.3, -0.25) is 4.79 Å². The van der Waals surface area contributed by atoms with E-state index in [0.717, 1.165) is 60.1 Å². The van der Waals surface area contributed by atoms with Gasteiger partial charge < -0.3 is 15.1 Å². The molecule has 0 atom stereocenters. The number of hydrogen-bond acceptors (Lipinski definition) is 4. The summed E-state index contributed by atoms with van der Waals surface area (Å²) in [5.74, 6) is 0.836. The third-order valence-electron chi connectivity index (χ3n) is 4.84. The van der Waals surface area contributed by atoms with Crippen LogP contribution in [0.25, 0.3) is 0 Å². The molecule has 0 radical (unpaired) electrons. The zero-order chi connectivity index (χ0) is 18.7. The molecule has 1 aliphatic rings. The number of benzene rings is 1. The summed E-state index contributed by atoms with van der Waals surface area (Å²) in [4.78, 5) is 21.6. The number of fused-ring (bicyclic) bond motifs is 1. The maximum Gasteiger partial charge on any atom is 0.244 e. The predicted molar refractivity (Wildman–Crippen MR) is 109 cm³/mol. The largest absolute Gasteiger partial charge is 0.370 e. The van der Waals surface area contributed by atoms with E-state index in [9.17, 15) is 4.79 Å². The Hall–Kier alpha value is -2.56. The highest BCUT2D eigenvalue weighted by molar-refractivity contribution is 6.06. The molecule has 0 unspecified atom stereocenters. The maximum atomic E-state index is 12.5. The molecule has 0 spiro atoms. The monoisotopic (exact) mass is 352 g/mol. The van der Waals surface area contributed by atoms with E-state index in [1.807, 2.05) is 24.0 Å². The Kier molecular flexibility index (Phi) is 5.45. The number of hydrogen-bond donors (Lipinski definition) is 1. The van der Waals surface area contributed by atoms with Crippen molar-refractivity contribution in [2.75, 3.05) is 34.8 Å². The highest BCUT2D eigenvalue weighted by Gasteiger charge is 2.29. The highest BCUT2D eigenvalue weighted by atomic mass is 16.2. The van der Waals surface area contributed by atoms with Crippen molar-refractivity contribution < 1.29 is 4.79 Å². The van der Waals surface area contributed by atoms with Crippen LogP contribution < -0.4 is 15.1 Å². The van der Waals surface area contributed by atoms with Crippen molar-refractivity contribution in [3.8, 4) is 0 Å². The summed E-state index contributed by atoms with van der Waals surface area (Å²) < 4.78 is 0. The summed E-state index contributed by atoms with van der Waals surface area (Å²) in [7, 11) is 0. The molecule has 0 fully saturated rings. The number of nitrogens with zero attached hydrogens (tertiary/aromatic N) is 3. The first-order valence-corrected chi connectivity index (χ1v) is 9.44. The van der Waals surface area contributed by atoms with Gasteiger partial charge in [0.15, 0.2) is 5.82 Å². The van der Waals surface area contributed by atoms with Crippen LogP contribution in [0.4, 0.5) is 22.9 Å². The summed E-state index contributed by atoms with van der Waals surface area (Å²) in [6.45, 7) is 10.6. The normalized spacial score (nSPS) is 13.4. The Morgan fingerprint density at radius 3 is 2.69 bits per heavy atom. The standard InChI is InChI=1S/C21H28N4O/c1-5-7-12-24(6-2)18-13-16(4)22-21-20(18)23-19(26)14-25(21)17-11-9-8-10-15(17)3/h8-11,13H,5-7,12,14H2,1-4H3,(H,23,26). The number of carbonyl (C=O) groups excluding carboxylic acids is 1. The first-order valence-electron chi connectivity index (χ1n) is 9.44. The molecule has 0 bridgehead atoms. The van der Waals surface area contributed by atoms with Gasteiger partial charge in [-0.05, 0) is 44.9 Å². The van der Waals surface area contributed by atoms with Crippen molar-refractivity contribution >= 4 is 28.8 Å². The van der Waals surface area contributed by atoms with Crippen LogP contribution in [0.1, 0.15) is 37.9 Å². The van der Waals surface area contributed by atoms with Crippen LogP contribution in [0, 0.1) is 13.8 Å². The zero-order valence-electron chi connectivity index (χ0n) is 16.2. The van der Waals surface area contributed by atoms with Crippen LogP contribution >= 0.6 is 0 Å². The van der Waals surface area contributed by atoms with Gasteiger partial charge in [0.25, 0.3) is 0 Å². The van der Waals surface area contributed by atoms with Gasteiger partial charge in [-0.25, -0.2) is 4.98 Å². The minimum atomic E-state index is -0.000740. The van der Waals surface area contributed by atoms with E-state index >= 15 is 0 Å². The highest BCUT2D eigenvalue weighted by Crippen LogP contribution is 2.41. The molecule has 1 amide bonds. The smallest absolute Gasteiger partial charge is 0.244 e. The topological polar surface area (TPSA) is 48.5 Å². The Balaban J connectivity index is 2.12. The van der Waals surface area contributed by atoms with Gasteiger partial charge in [0, 0.05) is 24.5 Å². The van der Waals surface area contributed by atoms with Crippen LogP contribution in [0.2, 0.25) is 0 Å². The van der Waals surface area contributed by atoms with E-state index in [0.29, 0.717) is 0 Å². The van der Waals surface area contributed by atoms with Crippen LogP contribution in [0.5, 0.6) is 0 Å². The number of rotatable bonds is 6. The fraction of sp³-hybridized carbons (Fsp3) is 0.429. The predicted octanol–water partition coefficient (Wildman–Crippen LogP) is 4.42. The van der Waals surface area contributed by atoms with Crippen LogP contribution in [-0.2, 0) is 4.79 Å².